The SMILES string of the molecule is CCC(C)C1NC(=O)C(C(C)CC)NC(=O)C(NC(=O)CC(O)C(C)(C)C)C(C)OC(=O)C(C)NC(=O)C(CCC(N)=O)NC(=O)C(C(C)O)NC1=O. The normalized spacial score (nSPS) is 28.1. The van der Waals surface area contributed by atoms with Crippen molar-refractivity contribution in [2.45, 2.75) is 156 Å². The van der Waals surface area contributed by atoms with Gasteiger partial charge in [0.1, 0.15) is 42.4 Å². The van der Waals surface area contributed by atoms with Crippen molar-refractivity contribution in [1.29, 1.82) is 0 Å². The fraction of sp³-hybridized carbons (Fsp3) is 0.771. The van der Waals surface area contributed by atoms with Crippen LogP contribution in [0.1, 0.15) is 101 Å². The molecule has 18 heteroatoms. The lowest BCUT2D eigenvalue weighted by Gasteiger charge is -2.32. The molecule has 11 unspecified atom stereocenters. The second-order valence-corrected chi connectivity index (χ2v) is 15.0. The third kappa shape index (κ3) is 14.6. The number of carbonyl (C=O) groups excluding carboxylic acids is 8. The van der Waals surface area contributed by atoms with E-state index < -0.39 is 126 Å². The zero-order valence-corrected chi connectivity index (χ0v) is 32.5. The maximum absolute atomic E-state index is 13.9. The van der Waals surface area contributed by atoms with Gasteiger partial charge in [0.2, 0.25) is 41.4 Å². The molecule has 1 heterocycles. The molecule has 1 aliphatic rings. The quantitative estimate of drug-likeness (QED) is 0.108. The molecule has 53 heavy (non-hydrogen) atoms. The van der Waals surface area contributed by atoms with E-state index in [0.717, 1.165) is 0 Å². The molecule has 1 aliphatic heterocycles. The standard InChI is InChI=1S/C35H61N7O11/c1-11-16(3)25-30(48)40-26(17(4)12-2)31(49)42-27(19(6)43)32(50)38-21(13-14-23(36)45)29(47)37-18(5)34(52)53-20(7)28(33(51)41-25)39-24(46)15-22(44)35(8,9)10/h16-22,25-28,43-44H,11-15H2,1-10H3,(H2,36,45)(H,37,47)(H,38,50)(H,39,46)(H,40,48)(H,41,51)(H,42,49). The summed E-state index contributed by atoms with van der Waals surface area (Å²) in [7, 11) is 0. The highest BCUT2D eigenvalue weighted by molar-refractivity contribution is 5.97. The van der Waals surface area contributed by atoms with Crippen LogP contribution in [-0.2, 0) is 43.1 Å². The van der Waals surface area contributed by atoms with Gasteiger partial charge in [-0.3, -0.25) is 33.6 Å². The van der Waals surface area contributed by atoms with Crippen LogP contribution in [0.25, 0.3) is 0 Å². The molecule has 0 aliphatic carbocycles. The molecule has 1 fully saturated rings. The topological polar surface area (TPSA) is 284 Å². The highest BCUT2D eigenvalue weighted by Gasteiger charge is 2.39. The molecule has 0 aromatic heterocycles. The molecule has 0 saturated carbocycles. The van der Waals surface area contributed by atoms with Crippen molar-refractivity contribution in [3.63, 3.8) is 0 Å². The monoisotopic (exact) mass is 755 g/mol. The fourth-order valence-corrected chi connectivity index (χ4v) is 5.19. The maximum atomic E-state index is 13.9. The van der Waals surface area contributed by atoms with Gasteiger partial charge in [-0.1, -0.05) is 61.3 Å². The van der Waals surface area contributed by atoms with Crippen LogP contribution in [0.15, 0.2) is 0 Å². The number of hydrogen-bond donors (Lipinski definition) is 9. The number of hydrogen-bond acceptors (Lipinski definition) is 11. The number of cyclic esters (lactones) is 1. The molecule has 10 N–H and O–H groups in total. The van der Waals surface area contributed by atoms with Gasteiger partial charge in [0.05, 0.1) is 18.6 Å². The van der Waals surface area contributed by atoms with Gasteiger partial charge < -0.3 is 52.6 Å². The smallest absolute Gasteiger partial charge is 0.328 e. The Morgan fingerprint density at radius 3 is 1.70 bits per heavy atom. The Labute approximate surface area is 311 Å². The van der Waals surface area contributed by atoms with Gasteiger partial charge in [-0.15, -0.1) is 0 Å². The predicted octanol–water partition coefficient (Wildman–Crippen LogP) is -1.60. The van der Waals surface area contributed by atoms with Gasteiger partial charge in [-0.05, 0) is 44.4 Å². The zero-order chi connectivity index (χ0) is 41.0. The molecule has 11 atom stereocenters. The Kier molecular flexibility index (Phi) is 18.3. The maximum Gasteiger partial charge on any atom is 0.328 e. The molecule has 1 saturated heterocycles. The third-order valence-corrected chi connectivity index (χ3v) is 9.42. The molecular formula is C35H61N7O11. The van der Waals surface area contributed by atoms with E-state index in [1.54, 1.807) is 48.5 Å². The highest BCUT2D eigenvalue weighted by Crippen LogP contribution is 2.22. The summed E-state index contributed by atoms with van der Waals surface area (Å²) in [5.41, 5.74) is 4.59. The lowest BCUT2D eigenvalue weighted by molar-refractivity contribution is -0.156. The summed E-state index contributed by atoms with van der Waals surface area (Å²) in [5, 5.41) is 36.1. The molecule has 0 bridgehead atoms. The number of rotatable bonds is 11. The van der Waals surface area contributed by atoms with Crippen LogP contribution < -0.4 is 37.6 Å². The lowest BCUT2D eigenvalue weighted by Crippen LogP contribution is -2.63. The predicted molar refractivity (Wildman–Crippen MR) is 192 cm³/mol. The molecule has 0 aromatic rings. The van der Waals surface area contributed by atoms with Crippen molar-refractivity contribution < 1.29 is 53.3 Å². The Morgan fingerprint density at radius 1 is 0.774 bits per heavy atom. The van der Waals surface area contributed by atoms with Gasteiger partial charge in [0.15, 0.2) is 0 Å². The first-order valence-electron chi connectivity index (χ1n) is 18.1. The summed E-state index contributed by atoms with van der Waals surface area (Å²) in [5.74, 6) is -8.11. The Balaban J connectivity index is 3.80. The minimum atomic E-state index is -1.63. The number of nitrogens with two attached hydrogens (primary N) is 1. The minimum Gasteiger partial charge on any atom is -0.458 e. The molecule has 0 spiro atoms. The van der Waals surface area contributed by atoms with Crippen LogP contribution in [0.4, 0.5) is 0 Å². The van der Waals surface area contributed by atoms with Crippen LogP contribution >= 0.6 is 0 Å². The van der Waals surface area contributed by atoms with E-state index in [0.29, 0.717) is 12.8 Å². The van der Waals surface area contributed by atoms with Crippen LogP contribution in [-0.4, -0.2) is 112 Å². The van der Waals surface area contributed by atoms with Crippen LogP contribution in [0.3, 0.4) is 0 Å². The van der Waals surface area contributed by atoms with Crippen LogP contribution in [0.2, 0.25) is 0 Å². The Bertz CT molecular complexity index is 1340. The zero-order valence-electron chi connectivity index (χ0n) is 32.5. The van der Waals surface area contributed by atoms with E-state index in [9.17, 15) is 48.6 Å². The molecule has 302 valence electrons. The van der Waals surface area contributed by atoms with Crippen molar-refractivity contribution in [2.75, 3.05) is 0 Å². The van der Waals surface area contributed by atoms with Gasteiger partial charge in [0.25, 0.3) is 0 Å². The largest absolute Gasteiger partial charge is 0.458 e. The third-order valence-electron chi connectivity index (χ3n) is 9.42. The molecule has 18 nitrogen and oxygen atoms in total. The lowest BCUT2D eigenvalue weighted by atomic mass is 9.87. The number of aliphatic hydroxyl groups is 2. The summed E-state index contributed by atoms with van der Waals surface area (Å²) in [6.45, 7) is 15.8. The van der Waals surface area contributed by atoms with Crippen molar-refractivity contribution >= 4 is 47.3 Å². The molecular weight excluding hydrogens is 694 g/mol. The van der Waals surface area contributed by atoms with E-state index in [1.807, 2.05) is 0 Å². The number of primary amides is 1. The first kappa shape index (κ1) is 46.7. The molecule has 7 amide bonds. The number of nitrogens with one attached hydrogen (secondary N) is 6. The fourth-order valence-electron chi connectivity index (χ4n) is 5.19. The van der Waals surface area contributed by atoms with E-state index in [4.69, 9.17) is 10.5 Å². The Morgan fingerprint density at radius 2 is 1.25 bits per heavy atom. The summed E-state index contributed by atoms with van der Waals surface area (Å²) >= 11 is 0. The summed E-state index contributed by atoms with van der Waals surface area (Å²) < 4.78 is 5.52. The van der Waals surface area contributed by atoms with Crippen molar-refractivity contribution in [3.8, 4) is 0 Å². The summed E-state index contributed by atoms with van der Waals surface area (Å²) in [4.78, 5) is 106. The van der Waals surface area contributed by atoms with Gasteiger partial charge in [0, 0.05) is 6.42 Å². The first-order valence-corrected chi connectivity index (χ1v) is 18.1. The average Bonchev–Trinajstić information content (AvgIpc) is 3.06. The Hall–Kier alpha value is -4.32. The van der Waals surface area contributed by atoms with Crippen LogP contribution in [0, 0.1) is 17.3 Å². The number of aliphatic hydroxyl groups excluding tert-OH is 2. The van der Waals surface area contributed by atoms with E-state index in [-0.39, 0.29) is 12.8 Å². The second-order valence-electron chi connectivity index (χ2n) is 15.0. The molecule has 0 aromatic carbocycles. The minimum absolute atomic E-state index is 0.317. The van der Waals surface area contributed by atoms with E-state index >= 15 is 0 Å². The number of ether oxygens (including phenoxy) is 1. The average molecular weight is 756 g/mol. The number of esters is 1. The van der Waals surface area contributed by atoms with Crippen molar-refractivity contribution in [1.82, 2.24) is 31.9 Å². The van der Waals surface area contributed by atoms with Crippen molar-refractivity contribution in [3.05, 3.63) is 0 Å². The van der Waals surface area contributed by atoms with Gasteiger partial charge in [-0.25, -0.2) is 4.79 Å². The second kappa shape index (κ2) is 20.8. The van der Waals surface area contributed by atoms with E-state index in [2.05, 4.69) is 31.9 Å². The van der Waals surface area contributed by atoms with Gasteiger partial charge in [-0.2, -0.15) is 0 Å². The van der Waals surface area contributed by atoms with Gasteiger partial charge >= 0.3 is 5.97 Å². The summed E-state index contributed by atoms with van der Waals surface area (Å²) in [6.07, 6.45) is -4.32. The molecule has 0 radical (unpaired) electrons. The summed E-state index contributed by atoms with van der Waals surface area (Å²) in [6, 6.07) is -8.63. The number of carbonyl (C=O) groups is 8. The van der Waals surface area contributed by atoms with Crippen LogP contribution in [0.5, 0.6) is 0 Å². The van der Waals surface area contributed by atoms with E-state index in [1.165, 1.54) is 20.8 Å². The van der Waals surface area contributed by atoms with Crippen molar-refractivity contribution in [2.24, 2.45) is 23.0 Å². The first-order chi connectivity index (χ1) is 24.4. The number of amides is 7. The molecule has 1 rings (SSSR count). The highest BCUT2D eigenvalue weighted by atomic mass is 16.5.